The maximum absolute atomic E-state index is 13.4. The molecule has 12 heteroatoms. The van der Waals surface area contributed by atoms with Crippen LogP contribution in [0.15, 0.2) is 77.7 Å². The quantitative estimate of drug-likeness (QED) is 0.252. The van der Waals surface area contributed by atoms with E-state index in [-0.39, 0.29) is 54.5 Å². The Kier molecular flexibility index (Phi) is 7.80. The number of aryl methyl sites for hydroxylation is 3. The SMILES string of the molecule is Cc1cccc(C)c1-c1cc2nc(n1)NS(=O)(=O)c1cccc(c1)C(=O)NC[C@@H](c1ccc(CCC3(C(F)(F)F)CC3)cc1)O2. The lowest BCUT2D eigenvalue weighted by atomic mass is 9.95. The molecule has 3 aromatic carbocycles. The summed E-state index contributed by atoms with van der Waals surface area (Å²) >= 11 is 0. The number of nitrogens with one attached hydrogen (secondary N) is 2. The highest BCUT2D eigenvalue weighted by Gasteiger charge is 2.62. The Balaban J connectivity index is 1.37. The minimum atomic E-state index is -4.20. The van der Waals surface area contributed by atoms with Crippen molar-refractivity contribution >= 4 is 21.9 Å². The zero-order valence-corrected chi connectivity index (χ0v) is 25.4. The number of amides is 1. The number of fused-ring (bicyclic) bond motifs is 4. The Hall–Kier alpha value is -4.45. The topological polar surface area (TPSA) is 110 Å². The first kappa shape index (κ1) is 30.6. The summed E-state index contributed by atoms with van der Waals surface area (Å²) in [5.41, 5.74) is 3.02. The van der Waals surface area contributed by atoms with E-state index >= 15 is 0 Å². The zero-order valence-electron chi connectivity index (χ0n) is 24.6. The number of benzene rings is 3. The van der Waals surface area contributed by atoms with Crippen molar-refractivity contribution in [2.24, 2.45) is 5.41 Å². The number of nitrogens with zero attached hydrogens (tertiary/aromatic N) is 2. The van der Waals surface area contributed by atoms with E-state index in [2.05, 4.69) is 20.0 Å². The number of sulfonamides is 1. The number of alkyl halides is 3. The second-order valence-corrected chi connectivity index (χ2v) is 13.3. The van der Waals surface area contributed by atoms with Crippen LogP contribution in [0.2, 0.25) is 0 Å². The summed E-state index contributed by atoms with van der Waals surface area (Å²) in [6.07, 6.45) is -4.34. The molecule has 6 rings (SSSR count). The van der Waals surface area contributed by atoms with Gasteiger partial charge in [-0.15, -0.1) is 0 Å². The Morgan fingerprint density at radius 3 is 2.31 bits per heavy atom. The molecule has 1 fully saturated rings. The maximum atomic E-state index is 13.4. The first-order valence-electron chi connectivity index (χ1n) is 14.5. The highest BCUT2D eigenvalue weighted by atomic mass is 32.2. The third kappa shape index (κ3) is 6.37. The summed E-state index contributed by atoms with van der Waals surface area (Å²) in [6, 6.07) is 20.0. The summed E-state index contributed by atoms with van der Waals surface area (Å²) in [5, 5.41) is 2.81. The molecule has 1 aliphatic heterocycles. The molecule has 2 aliphatic rings. The van der Waals surface area contributed by atoms with Gasteiger partial charge in [-0.2, -0.15) is 18.2 Å². The second kappa shape index (κ2) is 11.5. The van der Waals surface area contributed by atoms with Crippen LogP contribution in [-0.2, 0) is 16.4 Å². The molecule has 45 heavy (non-hydrogen) atoms. The predicted octanol–water partition coefficient (Wildman–Crippen LogP) is 6.70. The van der Waals surface area contributed by atoms with Crippen LogP contribution in [0, 0.1) is 19.3 Å². The summed E-state index contributed by atoms with van der Waals surface area (Å²) in [7, 11) is -4.17. The average Bonchev–Trinajstić information content (AvgIpc) is 3.79. The van der Waals surface area contributed by atoms with Crippen LogP contribution in [-0.4, -0.2) is 37.0 Å². The number of anilines is 1. The van der Waals surface area contributed by atoms with E-state index in [1.165, 1.54) is 24.3 Å². The molecule has 4 aromatic rings. The molecule has 1 atom stereocenters. The van der Waals surface area contributed by atoms with Crippen molar-refractivity contribution in [1.82, 2.24) is 15.3 Å². The molecule has 0 radical (unpaired) electrons. The fourth-order valence-corrected chi connectivity index (χ4v) is 6.62. The molecule has 0 unspecified atom stereocenters. The van der Waals surface area contributed by atoms with Crippen molar-refractivity contribution in [3.05, 3.63) is 101 Å². The van der Waals surface area contributed by atoms with Crippen LogP contribution < -0.4 is 14.8 Å². The number of ether oxygens (including phenoxy) is 1. The van der Waals surface area contributed by atoms with Crippen LogP contribution in [0.4, 0.5) is 19.1 Å². The predicted molar refractivity (Wildman–Crippen MR) is 162 cm³/mol. The molecule has 1 saturated carbocycles. The third-order valence-electron chi connectivity index (χ3n) is 8.48. The van der Waals surface area contributed by atoms with E-state index < -0.39 is 33.6 Å². The molecule has 1 amide bonds. The highest BCUT2D eigenvalue weighted by molar-refractivity contribution is 7.92. The van der Waals surface area contributed by atoms with Crippen LogP contribution in [0.25, 0.3) is 11.3 Å². The van der Waals surface area contributed by atoms with Gasteiger partial charge in [0.25, 0.3) is 15.9 Å². The molecule has 2 heterocycles. The van der Waals surface area contributed by atoms with Crippen molar-refractivity contribution in [3.8, 4) is 17.1 Å². The first-order chi connectivity index (χ1) is 21.3. The van der Waals surface area contributed by atoms with Gasteiger partial charge in [-0.3, -0.25) is 4.79 Å². The lowest BCUT2D eigenvalue weighted by Crippen LogP contribution is -2.31. The Bertz CT molecular complexity index is 1850. The van der Waals surface area contributed by atoms with Gasteiger partial charge in [0.05, 0.1) is 22.5 Å². The van der Waals surface area contributed by atoms with Gasteiger partial charge >= 0.3 is 6.18 Å². The van der Waals surface area contributed by atoms with E-state index in [1.807, 2.05) is 32.0 Å². The number of hydrogen-bond donors (Lipinski definition) is 2. The average molecular weight is 637 g/mol. The van der Waals surface area contributed by atoms with E-state index in [9.17, 15) is 26.4 Å². The largest absolute Gasteiger partial charge is 0.467 e. The molecule has 1 aliphatic carbocycles. The third-order valence-corrected chi connectivity index (χ3v) is 9.81. The van der Waals surface area contributed by atoms with E-state index in [1.54, 1.807) is 30.3 Å². The monoisotopic (exact) mass is 636 g/mol. The lowest BCUT2D eigenvalue weighted by molar-refractivity contribution is -0.188. The second-order valence-electron chi connectivity index (χ2n) is 11.7. The van der Waals surface area contributed by atoms with Gasteiger partial charge in [-0.25, -0.2) is 18.1 Å². The van der Waals surface area contributed by atoms with Crippen molar-refractivity contribution in [2.75, 3.05) is 11.3 Å². The fourth-order valence-electron chi connectivity index (χ4n) is 5.63. The van der Waals surface area contributed by atoms with Crippen LogP contribution in [0.1, 0.15) is 58.0 Å². The molecule has 8 nitrogen and oxygen atoms in total. The minimum Gasteiger partial charge on any atom is -0.467 e. The standard InChI is InChI=1S/C33H31F3N4O4S/c1-20-5-3-6-21(2)29(20)26-18-28-39-31(38-26)40-45(42,43)25-8-4-7-24(17-25)30(41)37-19-27(44-28)23-11-9-22(10-12-23)13-14-32(15-16-32)33(34,35)36/h3-12,17-18,27H,13-16,19H2,1-2H3,(H,37,41)(H,38,39,40)/t27-/m0/s1. The van der Waals surface area contributed by atoms with Gasteiger partial charge in [-0.05, 0) is 80.0 Å². The van der Waals surface area contributed by atoms with Gasteiger partial charge in [-0.1, -0.05) is 48.5 Å². The summed E-state index contributed by atoms with van der Waals surface area (Å²) < 4.78 is 75.7. The number of carbonyl (C=O) groups is 1. The number of rotatable bonds is 5. The molecule has 1 aromatic heterocycles. The van der Waals surface area contributed by atoms with Crippen molar-refractivity contribution < 1.29 is 31.1 Å². The Labute approximate surface area is 259 Å². The smallest absolute Gasteiger partial charge is 0.394 e. The van der Waals surface area contributed by atoms with E-state index in [0.717, 1.165) is 22.3 Å². The summed E-state index contributed by atoms with van der Waals surface area (Å²) in [6.45, 7) is 3.84. The van der Waals surface area contributed by atoms with Gasteiger partial charge in [0.2, 0.25) is 11.8 Å². The number of aromatic nitrogens is 2. The fraction of sp³-hybridized carbons (Fsp3) is 0.303. The molecule has 2 N–H and O–H groups in total. The molecule has 0 spiro atoms. The van der Waals surface area contributed by atoms with Gasteiger partial charge in [0.15, 0.2) is 0 Å². The van der Waals surface area contributed by atoms with Gasteiger partial charge < -0.3 is 10.1 Å². The maximum Gasteiger partial charge on any atom is 0.394 e. The molecule has 4 bridgehead atoms. The van der Waals surface area contributed by atoms with Crippen molar-refractivity contribution in [1.29, 1.82) is 0 Å². The lowest BCUT2D eigenvalue weighted by Gasteiger charge is -2.21. The van der Waals surface area contributed by atoms with Crippen LogP contribution >= 0.6 is 0 Å². The molecular formula is C33H31F3N4O4S. The Morgan fingerprint density at radius 1 is 0.956 bits per heavy atom. The molecule has 234 valence electrons. The van der Waals surface area contributed by atoms with Crippen molar-refractivity contribution in [3.63, 3.8) is 0 Å². The van der Waals surface area contributed by atoms with E-state index in [0.29, 0.717) is 11.3 Å². The van der Waals surface area contributed by atoms with Crippen LogP contribution in [0.5, 0.6) is 5.88 Å². The Morgan fingerprint density at radius 2 is 1.64 bits per heavy atom. The van der Waals surface area contributed by atoms with E-state index in [4.69, 9.17) is 4.74 Å². The highest BCUT2D eigenvalue weighted by Crippen LogP contribution is 2.60. The molecule has 0 saturated heterocycles. The zero-order chi connectivity index (χ0) is 32.0. The first-order valence-corrected chi connectivity index (χ1v) is 16.0. The van der Waals surface area contributed by atoms with Gasteiger partial charge in [0, 0.05) is 17.2 Å². The number of carbonyl (C=O) groups excluding carboxylic acids is 1. The number of halogens is 3. The summed E-state index contributed by atoms with van der Waals surface area (Å²) in [4.78, 5) is 21.9. The molecular weight excluding hydrogens is 605 g/mol. The van der Waals surface area contributed by atoms with Crippen LogP contribution in [0.3, 0.4) is 0 Å². The van der Waals surface area contributed by atoms with Crippen molar-refractivity contribution in [2.45, 2.75) is 56.7 Å². The minimum absolute atomic E-state index is 0.00215. The number of hydrogen-bond acceptors (Lipinski definition) is 6. The normalized spacial score (nSPS) is 18.7. The summed E-state index contributed by atoms with van der Waals surface area (Å²) in [5.74, 6) is -0.648. The van der Waals surface area contributed by atoms with Gasteiger partial charge in [0.1, 0.15) is 6.10 Å².